The smallest absolute Gasteiger partial charge is 0.0485 e. The van der Waals surface area contributed by atoms with E-state index >= 15 is 0 Å². The summed E-state index contributed by atoms with van der Waals surface area (Å²) in [7, 11) is 0. The van der Waals surface area contributed by atoms with Crippen molar-refractivity contribution < 1.29 is 0 Å². The van der Waals surface area contributed by atoms with E-state index in [9.17, 15) is 0 Å². The van der Waals surface area contributed by atoms with Gasteiger partial charge in [0.25, 0.3) is 0 Å². The summed E-state index contributed by atoms with van der Waals surface area (Å²) in [4.78, 5) is 4.24. The standard InChI is InChI=1S/C14H15ClN2/c15-14-2-1-11(10-3-6-16-7-4-10)13-9-17-8-5-12(13)14/h1-2,5,8-10,16H,3-4,6-7H2. The summed E-state index contributed by atoms with van der Waals surface area (Å²) in [6.07, 6.45) is 6.15. The van der Waals surface area contributed by atoms with Gasteiger partial charge in [0.2, 0.25) is 0 Å². The molecular formula is C14H15ClN2. The second kappa shape index (κ2) is 4.63. The van der Waals surface area contributed by atoms with Crippen molar-refractivity contribution in [2.75, 3.05) is 13.1 Å². The van der Waals surface area contributed by atoms with Crippen LogP contribution in [-0.2, 0) is 0 Å². The Hall–Kier alpha value is -1.12. The zero-order valence-corrected chi connectivity index (χ0v) is 10.4. The molecule has 1 aliphatic rings. The van der Waals surface area contributed by atoms with Crippen LogP contribution >= 0.6 is 11.6 Å². The monoisotopic (exact) mass is 246 g/mol. The Labute approximate surface area is 106 Å². The predicted octanol–water partition coefficient (Wildman–Crippen LogP) is 3.36. The molecule has 0 atom stereocenters. The van der Waals surface area contributed by atoms with Crippen LogP contribution in [0.3, 0.4) is 0 Å². The minimum absolute atomic E-state index is 0.639. The molecule has 1 aromatic carbocycles. The average Bonchev–Trinajstić information content (AvgIpc) is 2.41. The molecule has 88 valence electrons. The van der Waals surface area contributed by atoms with E-state index in [4.69, 9.17) is 11.6 Å². The summed E-state index contributed by atoms with van der Waals surface area (Å²) < 4.78 is 0. The quantitative estimate of drug-likeness (QED) is 0.835. The van der Waals surface area contributed by atoms with E-state index < -0.39 is 0 Å². The van der Waals surface area contributed by atoms with E-state index in [0.29, 0.717) is 5.92 Å². The molecule has 3 rings (SSSR count). The van der Waals surface area contributed by atoms with Crippen LogP contribution in [0.2, 0.25) is 5.02 Å². The molecule has 1 aliphatic heterocycles. The second-order valence-electron chi connectivity index (χ2n) is 4.58. The van der Waals surface area contributed by atoms with Gasteiger partial charge in [-0.15, -0.1) is 0 Å². The van der Waals surface area contributed by atoms with Crippen LogP contribution in [0.4, 0.5) is 0 Å². The third-order valence-corrected chi connectivity index (χ3v) is 3.91. The normalized spacial score (nSPS) is 17.5. The molecule has 0 radical (unpaired) electrons. The van der Waals surface area contributed by atoms with Crippen molar-refractivity contribution in [2.24, 2.45) is 0 Å². The fourth-order valence-corrected chi connectivity index (χ4v) is 2.89. The van der Waals surface area contributed by atoms with Gasteiger partial charge in [0.1, 0.15) is 0 Å². The molecule has 2 nitrogen and oxygen atoms in total. The summed E-state index contributed by atoms with van der Waals surface area (Å²) in [6.45, 7) is 2.21. The molecule has 2 heterocycles. The van der Waals surface area contributed by atoms with Crippen molar-refractivity contribution in [3.8, 4) is 0 Å². The van der Waals surface area contributed by atoms with Gasteiger partial charge in [0.05, 0.1) is 0 Å². The third kappa shape index (κ3) is 2.03. The third-order valence-electron chi connectivity index (χ3n) is 3.58. The second-order valence-corrected chi connectivity index (χ2v) is 4.99. The highest BCUT2D eigenvalue weighted by Gasteiger charge is 2.17. The van der Waals surface area contributed by atoms with Crippen LogP contribution in [0, 0.1) is 0 Å². The summed E-state index contributed by atoms with van der Waals surface area (Å²) in [5, 5.41) is 6.56. The number of hydrogen-bond donors (Lipinski definition) is 1. The number of nitrogens with zero attached hydrogens (tertiary/aromatic N) is 1. The average molecular weight is 247 g/mol. The number of halogens is 1. The van der Waals surface area contributed by atoms with Crippen molar-refractivity contribution in [2.45, 2.75) is 18.8 Å². The van der Waals surface area contributed by atoms with Gasteiger partial charge in [-0.05, 0) is 49.5 Å². The van der Waals surface area contributed by atoms with Crippen molar-refractivity contribution in [3.63, 3.8) is 0 Å². The number of benzene rings is 1. The number of nitrogens with one attached hydrogen (secondary N) is 1. The van der Waals surface area contributed by atoms with Gasteiger partial charge >= 0.3 is 0 Å². The summed E-state index contributed by atoms with van der Waals surface area (Å²) in [5.41, 5.74) is 1.40. The van der Waals surface area contributed by atoms with Crippen molar-refractivity contribution >= 4 is 22.4 Å². The van der Waals surface area contributed by atoms with Crippen LogP contribution in [0.5, 0.6) is 0 Å². The molecule has 0 unspecified atom stereocenters. The van der Waals surface area contributed by atoms with Crippen LogP contribution in [-0.4, -0.2) is 18.1 Å². The van der Waals surface area contributed by atoms with Gasteiger partial charge in [-0.3, -0.25) is 4.98 Å². The summed E-state index contributed by atoms with van der Waals surface area (Å²) in [5.74, 6) is 0.639. The van der Waals surface area contributed by atoms with Gasteiger partial charge in [-0.2, -0.15) is 0 Å². The lowest BCUT2D eigenvalue weighted by molar-refractivity contribution is 0.462. The zero-order chi connectivity index (χ0) is 11.7. The van der Waals surface area contributed by atoms with Gasteiger partial charge in [-0.25, -0.2) is 0 Å². The number of hydrogen-bond acceptors (Lipinski definition) is 2. The fourth-order valence-electron chi connectivity index (χ4n) is 2.66. The first-order chi connectivity index (χ1) is 8.36. The van der Waals surface area contributed by atoms with Gasteiger partial charge < -0.3 is 5.32 Å². The number of rotatable bonds is 1. The molecule has 17 heavy (non-hydrogen) atoms. The molecule has 1 fully saturated rings. The molecule has 0 aliphatic carbocycles. The highest BCUT2D eigenvalue weighted by molar-refractivity contribution is 6.35. The lowest BCUT2D eigenvalue weighted by Crippen LogP contribution is -2.26. The Bertz CT molecular complexity index is 533. The molecule has 0 saturated carbocycles. The molecule has 3 heteroatoms. The lowest BCUT2D eigenvalue weighted by Gasteiger charge is -2.24. The van der Waals surface area contributed by atoms with E-state index in [-0.39, 0.29) is 0 Å². The summed E-state index contributed by atoms with van der Waals surface area (Å²) in [6, 6.07) is 6.19. The summed E-state index contributed by atoms with van der Waals surface area (Å²) >= 11 is 6.23. The van der Waals surface area contributed by atoms with Gasteiger partial charge in [0, 0.05) is 28.2 Å². The Morgan fingerprint density at radius 2 is 1.94 bits per heavy atom. The molecule has 1 N–H and O–H groups in total. The largest absolute Gasteiger partial charge is 0.317 e. The fraction of sp³-hybridized carbons (Fsp3) is 0.357. The maximum Gasteiger partial charge on any atom is 0.0485 e. The predicted molar refractivity (Wildman–Crippen MR) is 71.6 cm³/mol. The first-order valence-electron chi connectivity index (χ1n) is 6.09. The van der Waals surface area contributed by atoms with Gasteiger partial charge in [0.15, 0.2) is 0 Å². The Kier molecular flexibility index (Phi) is 3.00. The molecule has 2 aromatic rings. The van der Waals surface area contributed by atoms with E-state index in [1.165, 1.54) is 23.8 Å². The maximum atomic E-state index is 6.23. The molecular weight excluding hydrogens is 232 g/mol. The molecule has 1 saturated heterocycles. The lowest BCUT2D eigenvalue weighted by atomic mass is 9.87. The first-order valence-corrected chi connectivity index (χ1v) is 6.47. The number of aromatic nitrogens is 1. The Morgan fingerprint density at radius 3 is 2.76 bits per heavy atom. The van der Waals surface area contributed by atoms with Crippen LogP contribution in [0.1, 0.15) is 24.3 Å². The van der Waals surface area contributed by atoms with Crippen molar-refractivity contribution in [1.29, 1.82) is 0 Å². The highest BCUT2D eigenvalue weighted by Crippen LogP contribution is 2.33. The van der Waals surface area contributed by atoms with E-state index in [1.807, 2.05) is 18.3 Å². The molecule has 1 aromatic heterocycles. The zero-order valence-electron chi connectivity index (χ0n) is 9.62. The Balaban J connectivity index is 2.12. The molecule has 0 bridgehead atoms. The maximum absolute atomic E-state index is 6.23. The minimum atomic E-state index is 0.639. The molecule has 0 amide bonds. The minimum Gasteiger partial charge on any atom is -0.317 e. The van der Waals surface area contributed by atoms with Crippen LogP contribution < -0.4 is 5.32 Å². The number of fused-ring (bicyclic) bond motifs is 1. The number of pyridine rings is 1. The first kappa shape index (κ1) is 11.0. The number of piperidine rings is 1. The van der Waals surface area contributed by atoms with Crippen molar-refractivity contribution in [3.05, 3.63) is 41.2 Å². The van der Waals surface area contributed by atoms with Crippen LogP contribution in [0.15, 0.2) is 30.6 Å². The SMILES string of the molecule is Clc1ccc(C2CCNCC2)c2cnccc12. The topological polar surface area (TPSA) is 24.9 Å². The van der Waals surface area contributed by atoms with Crippen molar-refractivity contribution in [1.82, 2.24) is 10.3 Å². The van der Waals surface area contributed by atoms with Crippen LogP contribution in [0.25, 0.3) is 10.8 Å². The Morgan fingerprint density at radius 1 is 1.12 bits per heavy atom. The highest BCUT2D eigenvalue weighted by atomic mass is 35.5. The van der Waals surface area contributed by atoms with E-state index in [2.05, 4.69) is 16.4 Å². The van der Waals surface area contributed by atoms with E-state index in [1.54, 1.807) is 6.20 Å². The van der Waals surface area contributed by atoms with Gasteiger partial charge in [-0.1, -0.05) is 17.7 Å². The molecule has 0 spiro atoms. The van der Waals surface area contributed by atoms with E-state index in [0.717, 1.165) is 23.5 Å².